The van der Waals surface area contributed by atoms with Crippen LogP contribution < -0.4 is 10.1 Å². The predicted molar refractivity (Wildman–Crippen MR) is 122 cm³/mol. The zero-order valence-electron chi connectivity index (χ0n) is 17.5. The molecule has 1 aromatic heterocycles. The normalized spacial score (nSPS) is 15.3. The first kappa shape index (κ1) is 21.1. The SMILES string of the molecule is CCC1c2ccsc2CCN1C(=O)COc1ccccc1C(=O)NCc1ccccc1. The number of nitrogens with zero attached hydrogens (tertiary/aromatic N) is 1. The number of carbonyl (C=O) groups is 2. The summed E-state index contributed by atoms with van der Waals surface area (Å²) in [6, 6.07) is 19.0. The standard InChI is InChI=1S/C25H26N2O3S/c1-2-21-19-13-15-31-23(19)12-14-27(21)24(28)17-30-22-11-7-6-10-20(22)25(29)26-16-18-8-4-3-5-9-18/h3-11,13,15,21H,2,12,14,16-17H2,1H3,(H,26,29). The molecule has 2 heterocycles. The van der Waals surface area contributed by atoms with E-state index in [0.717, 1.165) is 18.4 Å². The van der Waals surface area contributed by atoms with Gasteiger partial charge >= 0.3 is 0 Å². The number of thiophene rings is 1. The molecule has 4 rings (SSSR count). The number of fused-ring (bicyclic) bond motifs is 1. The molecule has 1 aliphatic rings. The van der Waals surface area contributed by atoms with Crippen LogP contribution in [0.15, 0.2) is 66.0 Å². The Kier molecular flexibility index (Phi) is 6.67. The Labute approximate surface area is 186 Å². The number of benzene rings is 2. The van der Waals surface area contributed by atoms with E-state index in [-0.39, 0.29) is 24.5 Å². The fourth-order valence-corrected chi connectivity index (χ4v) is 4.94. The second kappa shape index (κ2) is 9.79. The number of nitrogens with one attached hydrogen (secondary N) is 1. The van der Waals surface area contributed by atoms with Gasteiger partial charge < -0.3 is 15.0 Å². The van der Waals surface area contributed by atoms with Crippen LogP contribution >= 0.6 is 11.3 Å². The fraction of sp³-hybridized carbons (Fsp3) is 0.280. The quantitative estimate of drug-likeness (QED) is 0.592. The molecule has 0 saturated heterocycles. The highest BCUT2D eigenvalue weighted by atomic mass is 32.1. The third-order valence-electron chi connectivity index (χ3n) is 5.58. The highest BCUT2D eigenvalue weighted by Crippen LogP contribution is 2.35. The Morgan fingerprint density at radius 3 is 2.68 bits per heavy atom. The summed E-state index contributed by atoms with van der Waals surface area (Å²) in [5.74, 6) is 0.144. The van der Waals surface area contributed by atoms with Gasteiger partial charge in [-0.05, 0) is 47.5 Å². The van der Waals surface area contributed by atoms with Crippen molar-refractivity contribution in [1.29, 1.82) is 0 Å². The lowest BCUT2D eigenvalue weighted by Gasteiger charge is -2.35. The fourth-order valence-electron chi connectivity index (χ4n) is 4.01. The maximum absolute atomic E-state index is 13.0. The molecule has 2 aromatic carbocycles. The number of ether oxygens (including phenoxy) is 1. The molecule has 160 valence electrons. The molecule has 2 amide bonds. The summed E-state index contributed by atoms with van der Waals surface area (Å²) in [6.45, 7) is 3.15. The van der Waals surface area contributed by atoms with Gasteiger partial charge in [-0.1, -0.05) is 49.4 Å². The van der Waals surface area contributed by atoms with Crippen LogP contribution in [0, 0.1) is 0 Å². The molecule has 1 N–H and O–H groups in total. The summed E-state index contributed by atoms with van der Waals surface area (Å²) in [4.78, 5) is 29.0. The predicted octanol–water partition coefficient (Wildman–Crippen LogP) is 4.59. The van der Waals surface area contributed by atoms with Crippen LogP contribution in [0.2, 0.25) is 0 Å². The lowest BCUT2D eigenvalue weighted by molar-refractivity contribution is -0.136. The van der Waals surface area contributed by atoms with E-state index < -0.39 is 0 Å². The average Bonchev–Trinajstić information content (AvgIpc) is 3.30. The largest absolute Gasteiger partial charge is 0.483 e. The zero-order chi connectivity index (χ0) is 21.6. The second-order valence-corrected chi connectivity index (χ2v) is 8.51. The van der Waals surface area contributed by atoms with Gasteiger partial charge in [0.1, 0.15) is 5.75 Å². The average molecular weight is 435 g/mol. The van der Waals surface area contributed by atoms with Gasteiger partial charge in [-0.25, -0.2) is 0 Å². The number of amides is 2. The van der Waals surface area contributed by atoms with Gasteiger partial charge in [0.15, 0.2) is 6.61 Å². The van der Waals surface area contributed by atoms with Gasteiger partial charge in [-0.2, -0.15) is 0 Å². The lowest BCUT2D eigenvalue weighted by Crippen LogP contribution is -2.41. The van der Waals surface area contributed by atoms with E-state index in [1.165, 1.54) is 10.4 Å². The van der Waals surface area contributed by atoms with Crippen LogP contribution in [0.5, 0.6) is 5.75 Å². The maximum Gasteiger partial charge on any atom is 0.261 e. The third-order valence-corrected chi connectivity index (χ3v) is 6.58. The van der Waals surface area contributed by atoms with Crippen LogP contribution in [0.3, 0.4) is 0 Å². The van der Waals surface area contributed by atoms with Crippen molar-refractivity contribution in [1.82, 2.24) is 10.2 Å². The smallest absolute Gasteiger partial charge is 0.261 e. The molecule has 1 atom stereocenters. The Balaban J connectivity index is 1.40. The van der Waals surface area contributed by atoms with Crippen LogP contribution in [0.4, 0.5) is 0 Å². The van der Waals surface area contributed by atoms with Crippen LogP contribution in [0.1, 0.15) is 45.7 Å². The molecule has 6 heteroatoms. The summed E-state index contributed by atoms with van der Waals surface area (Å²) in [5, 5.41) is 5.02. The Morgan fingerprint density at radius 1 is 1.10 bits per heavy atom. The molecule has 0 radical (unpaired) electrons. The molecule has 0 bridgehead atoms. The van der Waals surface area contributed by atoms with Gasteiger partial charge in [0.05, 0.1) is 11.6 Å². The Hall–Kier alpha value is -3.12. The molecule has 0 spiro atoms. The first-order chi connectivity index (χ1) is 15.2. The van der Waals surface area contributed by atoms with Crippen LogP contribution in [-0.2, 0) is 17.8 Å². The summed E-state index contributed by atoms with van der Waals surface area (Å²) in [5.41, 5.74) is 2.71. The van der Waals surface area contributed by atoms with Gasteiger partial charge in [-0.15, -0.1) is 11.3 Å². The minimum absolute atomic E-state index is 0.0526. The van der Waals surface area contributed by atoms with Gasteiger partial charge in [0.25, 0.3) is 11.8 Å². The summed E-state index contributed by atoms with van der Waals surface area (Å²) in [7, 11) is 0. The molecule has 31 heavy (non-hydrogen) atoms. The maximum atomic E-state index is 13.0. The molecule has 1 unspecified atom stereocenters. The van der Waals surface area contributed by atoms with Crippen LogP contribution in [-0.4, -0.2) is 29.9 Å². The molecule has 0 fully saturated rings. The lowest BCUT2D eigenvalue weighted by atomic mass is 9.98. The van der Waals surface area contributed by atoms with Crippen molar-refractivity contribution in [3.05, 3.63) is 87.6 Å². The number of hydrogen-bond acceptors (Lipinski definition) is 4. The second-order valence-electron chi connectivity index (χ2n) is 7.51. The van der Waals surface area contributed by atoms with E-state index in [2.05, 4.69) is 23.7 Å². The molecule has 0 saturated carbocycles. The minimum Gasteiger partial charge on any atom is -0.483 e. The number of rotatable bonds is 7. The van der Waals surface area contributed by atoms with Crippen molar-refractivity contribution in [2.75, 3.05) is 13.2 Å². The van der Waals surface area contributed by atoms with Gasteiger partial charge in [0, 0.05) is 18.0 Å². The molecule has 1 aliphatic heterocycles. The Bertz CT molecular complexity index is 1050. The van der Waals surface area contributed by atoms with Crippen LogP contribution in [0.25, 0.3) is 0 Å². The molecule has 0 aliphatic carbocycles. The van der Waals surface area contributed by atoms with E-state index in [9.17, 15) is 9.59 Å². The number of hydrogen-bond donors (Lipinski definition) is 1. The topological polar surface area (TPSA) is 58.6 Å². The van der Waals surface area contributed by atoms with Gasteiger partial charge in [0.2, 0.25) is 0 Å². The highest BCUT2D eigenvalue weighted by Gasteiger charge is 2.30. The van der Waals surface area contributed by atoms with Crippen molar-refractivity contribution >= 4 is 23.2 Å². The first-order valence-corrected chi connectivity index (χ1v) is 11.4. The highest BCUT2D eigenvalue weighted by molar-refractivity contribution is 7.10. The van der Waals surface area contributed by atoms with E-state index in [0.29, 0.717) is 24.4 Å². The molecule has 5 nitrogen and oxygen atoms in total. The zero-order valence-corrected chi connectivity index (χ0v) is 18.4. The van der Waals surface area contributed by atoms with Gasteiger partial charge in [-0.3, -0.25) is 9.59 Å². The monoisotopic (exact) mass is 434 g/mol. The summed E-state index contributed by atoms with van der Waals surface area (Å²) < 4.78 is 5.84. The van der Waals surface area contributed by atoms with E-state index in [4.69, 9.17) is 4.74 Å². The van der Waals surface area contributed by atoms with E-state index >= 15 is 0 Å². The number of para-hydroxylation sites is 1. The molecule has 3 aromatic rings. The van der Waals surface area contributed by atoms with E-state index in [1.807, 2.05) is 35.2 Å². The summed E-state index contributed by atoms with van der Waals surface area (Å²) in [6.07, 6.45) is 1.75. The first-order valence-electron chi connectivity index (χ1n) is 10.6. The molecular formula is C25H26N2O3S. The summed E-state index contributed by atoms with van der Waals surface area (Å²) >= 11 is 1.76. The van der Waals surface area contributed by atoms with Crippen molar-refractivity contribution in [3.63, 3.8) is 0 Å². The van der Waals surface area contributed by atoms with Crippen molar-refractivity contribution in [2.24, 2.45) is 0 Å². The Morgan fingerprint density at radius 2 is 1.87 bits per heavy atom. The van der Waals surface area contributed by atoms with Crippen molar-refractivity contribution in [2.45, 2.75) is 32.4 Å². The minimum atomic E-state index is -0.223. The van der Waals surface area contributed by atoms with Crippen molar-refractivity contribution < 1.29 is 14.3 Å². The van der Waals surface area contributed by atoms with Crippen molar-refractivity contribution in [3.8, 4) is 5.75 Å². The molecular weight excluding hydrogens is 408 g/mol. The van der Waals surface area contributed by atoms with E-state index in [1.54, 1.807) is 35.6 Å². The number of carbonyl (C=O) groups excluding carboxylic acids is 2. The third kappa shape index (κ3) is 4.80.